The molecule has 5 nitrogen and oxygen atoms in total. The van der Waals surface area contributed by atoms with Gasteiger partial charge in [0.15, 0.2) is 0 Å². The average Bonchev–Trinajstić information content (AvgIpc) is 2.75. The molecule has 0 spiro atoms. The highest BCUT2D eigenvalue weighted by atomic mass is 16.5. The lowest BCUT2D eigenvalue weighted by Gasteiger charge is -1.92. The van der Waals surface area contributed by atoms with Crippen LogP contribution < -0.4 is 5.73 Å². The van der Waals surface area contributed by atoms with Crippen molar-refractivity contribution in [2.24, 2.45) is 5.73 Å². The van der Waals surface area contributed by atoms with Crippen molar-refractivity contribution in [1.82, 2.24) is 15.1 Å². The van der Waals surface area contributed by atoms with Crippen LogP contribution in [0, 0.1) is 0 Å². The van der Waals surface area contributed by atoms with Crippen molar-refractivity contribution >= 4 is 0 Å². The van der Waals surface area contributed by atoms with E-state index in [1.54, 1.807) is 13.1 Å². The maximum absolute atomic E-state index is 5.57. The van der Waals surface area contributed by atoms with Gasteiger partial charge in [-0.05, 0) is 19.1 Å². The Labute approximate surface area is 75.0 Å². The summed E-state index contributed by atoms with van der Waals surface area (Å²) in [4.78, 5) is 7.10. The van der Waals surface area contributed by atoms with Crippen LogP contribution in [0.2, 0.25) is 0 Å². The molecule has 1 atom stereocenters. The first-order valence-electron chi connectivity index (χ1n) is 4.00. The average molecular weight is 178 g/mol. The van der Waals surface area contributed by atoms with E-state index in [0.29, 0.717) is 11.7 Å². The maximum Gasteiger partial charge on any atom is 0.243 e. The molecule has 0 aliphatic rings. The van der Waals surface area contributed by atoms with E-state index < -0.39 is 0 Å². The van der Waals surface area contributed by atoms with Gasteiger partial charge >= 0.3 is 0 Å². The van der Waals surface area contributed by atoms with Crippen LogP contribution in [0.4, 0.5) is 0 Å². The number of nitrogens with two attached hydrogens (primary N) is 1. The highest BCUT2D eigenvalue weighted by Crippen LogP contribution is 2.14. The molecular formula is C8H10N4O. The Balaban J connectivity index is 2.33. The molecule has 0 saturated carbocycles. The molecule has 2 heterocycles. The molecule has 2 aromatic rings. The van der Waals surface area contributed by atoms with Gasteiger partial charge in [-0.1, -0.05) is 5.16 Å². The third kappa shape index (κ3) is 1.46. The standard InChI is InChI=1S/C8H10N4O/c1-5(9)8-11-7(12-13-8)6-3-2-4-10-6/h2-5,10H,9H2,1H3. The van der Waals surface area contributed by atoms with Gasteiger partial charge in [0, 0.05) is 6.20 Å². The van der Waals surface area contributed by atoms with Gasteiger partial charge in [0.05, 0.1) is 11.7 Å². The lowest BCUT2D eigenvalue weighted by molar-refractivity contribution is 0.362. The largest absolute Gasteiger partial charge is 0.359 e. The molecule has 68 valence electrons. The Kier molecular flexibility index (Phi) is 1.86. The SMILES string of the molecule is CC(N)c1nc(-c2ccc[nH]2)no1. The highest BCUT2D eigenvalue weighted by molar-refractivity contribution is 5.47. The fourth-order valence-corrected chi connectivity index (χ4v) is 0.999. The lowest BCUT2D eigenvalue weighted by atomic mass is 10.3. The first-order chi connectivity index (χ1) is 6.27. The fourth-order valence-electron chi connectivity index (χ4n) is 0.999. The summed E-state index contributed by atoms with van der Waals surface area (Å²) in [7, 11) is 0. The third-order valence-corrected chi connectivity index (χ3v) is 1.67. The molecule has 0 amide bonds. The van der Waals surface area contributed by atoms with Gasteiger partial charge in [0.25, 0.3) is 0 Å². The number of rotatable bonds is 2. The number of aromatic nitrogens is 3. The van der Waals surface area contributed by atoms with Crippen LogP contribution in [-0.4, -0.2) is 15.1 Å². The molecule has 2 aromatic heterocycles. The molecule has 0 fully saturated rings. The van der Waals surface area contributed by atoms with Gasteiger partial charge in [-0.25, -0.2) is 0 Å². The minimum atomic E-state index is -0.226. The molecule has 0 aromatic carbocycles. The van der Waals surface area contributed by atoms with Crippen LogP contribution in [0.15, 0.2) is 22.9 Å². The van der Waals surface area contributed by atoms with E-state index in [-0.39, 0.29) is 6.04 Å². The highest BCUT2D eigenvalue weighted by Gasteiger charge is 2.11. The topological polar surface area (TPSA) is 80.7 Å². The van der Waals surface area contributed by atoms with Crippen molar-refractivity contribution in [2.75, 3.05) is 0 Å². The van der Waals surface area contributed by atoms with Gasteiger partial charge in [0.2, 0.25) is 11.7 Å². The first kappa shape index (κ1) is 8.00. The Morgan fingerprint density at radius 1 is 1.62 bits per heavy atom. The number of aromatic amines is 1. The quantitative estimate of drug-likeness (QED) is 0.721. The maximum atomic E-state index is 5.57. The molecule has 0 aliphatic carbocycles. The minimum Gasteiger partial charge on any atom is -0.359 e. The van der Waals surface area contributed by atoms with Crippen LogP contribution in [0.5, 0.6) is 0 Å². The zero-order valence-electron chi connectivity index (χ0n) is 7.19. The molecule has 13 heavy (non-hydrogen) atoms. The predicted octanol–water partition coefficient (Wildman–Crippen LogP) is 1.08. The molecule has 0 aliphatic heterocycles. The summed E-state index contributed by atoms with van der Waals surface area (Å²) in [5.74, 6) is 0.988. The summed E-state index contributed by atoms with van der Waals surface area (Å²) < 4.78 is 4.94. The molecule has 0 bridgehead atoms. The summed E-state index contributed by atoms with van der Waals surface area (Å²) in [6.07, 6.45) is 1.80. The summed E-state index contributed by atoms with van der Waals surface area (Å²) in [6.45, 7) is 1.80. The van der Waals surface area contributed by atoms with Crippen LogP contribution in [0.25, 0.3) is 11.5 Å². The Morgan fingerprint density at radius 3 is 3.00 bits per heavy atom. The number of hydrogen-bond acceptors (Lipinski definition) is 4. The van der Waals surface area contributed by atoms with Crippen molar-refractivity contribution in [3.8, 4) is 11.5 Å². The van der Waals surface area contributed by atoms with Gasteiger partial charge in [-0.3, -0.25) is 0 Å². The van der Waals surface area contributed by atoms with Crippen molar-refractivity contribution in [2.45, 2.75) is 13.0 Å². The summed E-state index contributed by atoms with van der Waals surface area (Å²) in [6, 6.07) is 3.52. The summed E-state index contributed by atoms with van der Waals surface area (Å²) in [5.41, 5.74) is 6.40. The van der Waals surface area contributed by atoms with E-state index >= 15 is 0 Å². The number of nitrogens with one attached hydrogen (secondary N) is 1. The van der Waals surface area contributed by atoms with Gasteiger partial charge in [0.1, 0.15) is 0 Å². The molecule has 3 N–H and O–H groups in total. The first-order valence-corrected chi connectivity index (χ1v) is 4.00. The smallest absolute Gasteiger partial charge is 0.243 e. The van der Waals surface area contributed by atoms with Crippen molar-refractivity contribution < 1.29 is 4.52 Å². The number of H-pyrrole nitrogens is 1. The Hall–Kier alpha value is -1.62. The van der Waals surface area contributed by atoms with Crippen molar-refractivity contribution in [1.29, 1.82) is 0 Å². The van der Waals surface area contributed by atoms with Gasteiger partial charge in [-0.15, -0.1) is 0 Å². The molecule has 0 radical (unpaired) electrons. The van der Waals surface area contributed by atoms with E-state index in [4.69, 9.17) is 10.3 Å². The Morgan fingerprint density at radius 2 is 2.46 bits per heavy atom. The van der Waals surface area contributed by atoms with E-state index in [0.717, 1.165) is 5.69 Å². The van der Waals surface area contributed by atoms with Crippen LogP contribution >= 0.6 is 0 Å². The molecule has 0 saturated heterocycles. The van der Waals surface area contributed by atoms with Crippen LogP contribution in [0.3, 0.4) is 0 Å². The molecular weight excluding hydrogens is 168 g/mol. The second-order valence-electron chi connectivity index (χ2n) is 2.83. The monoisotopic (exact) mass is 178 g/mol. The summed E-state index contributed by atoms with van der Waals surface area (Å²) in [5, 5.41) is 3.78. The van der Waals surface area contributed by atoms with Crippen LogP contribution in [0.1, 0.15) is 18.9 Å². The second-order valence-corrected chi connectivity index (χ2v) is 2.83. The lowest BCUT2D eigenvalue weighted by Crippen LogP contribution is -2.04. The predicted molar refractivity (Wildman–Crippen MR) is 46.7 cm³/mol. The normalized spacial score (nSPS) is 13.1. The van der Waals surface area contributed by atoms with E-state index in [2.05, 4.69) is 15.1 Å². The minimum absolute atomic E-state index is 0.226. The Bertz CT molecular complexity index is 377. The van der Waals surface area contributed by atoms with E-state index in [9.17, 15) is 0 Å². The van der Waals surface area contributed by atoms with Crippen molar-refractivity contribution in [3.05, 3.63) is 24.2 Å². The van der Waals surface area contributed by atoms with Crippen LogP contribution in [-0.2, 0) is 0 Å². The van der Waals surface area contributed by atoms with E-state index in [1.807, 2.05) is 12.1 Å². The van der Waals surface area contributed by atoms with Gasteiger partial charge in [-0.2, -0.15) is 4.98 Å². The molecule has 1 unspecified atom stereocenters. The fraction of sp³-hybridized carbons (Fsp3) is 0.250. The summed E-state index contributed by atoms with van der Waals surface area (Å²) >= 11 is 0. The molecule has 2 rings (SSSR count). The zero-order chi connectivity index (χ0) is 9.26. The zero-order valence-corrected chi connectivity index (χ0v) is 7.19. The third-order valence-electron chi connectivity index (χ3n) is 1.67. The van der Waals surface area contributed by atoms with Gasteiger partial charge < -0.3 is 15.2 Å². The second kappa shape index (κ2) is 3.02. The number of nitrogens with zero attached hydrogens (tertiary/aromatic N) is 2. The van der Waals surface area contributed by atoms with E-state index in [1.165, 1.54) is 0 Å². The molecule has 5 heteroatoms. The van der Waals surface area contributed by atoms with Crippen molar-refractivity contribution in [3.63, 3.8) is 0 Å². The number of hydrogen-bond donors (Lipinski definition) is 2.